The maximum absolute atomic E-state index is 4.50. The van der Waals surface area contributed by atoms with Gasteiger partial charge in [0.25, 0.3) is 0 Å². The Balaban J connectivity index is 2.02. The fraction of sp³-hybridized carbons (Fsp3) is 0.294. The van der Waals surface area contributed by atoms with Crippen molar-refractivity contribution in [3.05, 3.63) is 65.2 Å². The minimum atomic E-state index is 0.510. The van der Waals surface area contributed by atoms with Crippen LogP contribution in [0.1, 0.15) is 22.6 Å². The lowest BCUT2D eigenvalue weighted by atomic mass is 10.0. The normalized spacial score (nSPS) is 12.4. The van der Waals surface area contributed by atoms with Gasteiger partial charge in [-0.1, -0.05) is 36.4 Å². The molecule has 19 heavy (non-hydrogen) atoms. The summed E-state index contributed by atoms with van der Waals surface area (Å²) in [6.45, 7) is 4.33. The van der Waals surface area contributed by atoms with E-state index in [4.69, 9.17) is 0 Å². The van der Waals surface area contributed by atoms with Crippen molar-refractivity contribution in [2.24, 2.45) is 0 Å². The van der Waals surface area contributed by atoms with E-state index in [9.17, 15) is 0 Å². The zero-order valence-corrected chi connectivity index (χ0v) is 13.2. The highest BCUT2D eigenvalue weighted by Crippen LogP contribution is 2.28. The summed E-state index contributed by atoms with van der Waals surface area (Å²) in [4.78, 5) is 1.35. The van der Waals surface area contributed by atoms with Gasteiger partial charge in [-0.3, -0.25) is 0 Å². The van der Waals surface area contributed by atoms with Crippen LogP contribution >= 0.6 is 24.4 Å². The molecule has 0 aliphatic heterocycles. The largest absolute Gasteiger partial charge is 0.179 e. The van der Waals surface area contributed by atoms with Crippen LogP contribution in [0.25, 0.3) is 0 Å². The molecule has 0 spiro atoms. The van der Waals surface area contributed by atoms with Crippen molar-refractivity contribution in [2.45, 2.75) is 24.7 Å². The predicted octanol–water partition coefficient (Wildman–Crippen LogP) is 5.11. The number of benzene rings is 2. The minimum absolute atomic E-state index is 0.510. The van der Waals surface area contributed by atoms with Crippen LogP contribution < -0.4 is 0 Å². The summed E-state index contributed by atoms with van der Waals surface area (Å²) >= 11 is 6.42. The second kappa shape index (κ2) is 7.06. The molecule has 0 radical (unpaired) electrons. The third-order valence-corrected chi connectivity index (χ3v) is 5.02. The Bertz CT molecular complexity index is 520. The van der Waals surface area contributed by atoms with Crippen LogP contribution in [0.3, 0.4) is 0 Å². The van der Waals surface area contributed by atoms with E-state index in [-0.39, 0.29) is 0 Å². The summed E-state index contributed by atoms with van der Waals surface area (Å²) in [6, 6.07) is 17.4. The van der Waals surface area contributed by atoms with Gasteiger partial charge in [-0.2, -0.15) is 12.6 Å². The van der Waals surface area contributed by atoms with Crippen molar-refractivity contribution in [1.82, 2.24) is 0 Å². The predicted molar refractivity (Wildman–Crippen MR) is 89.7 cm³/mol. The lowest BCUT2D eigenvalue weighted by Gasteiger charge is -2.14. The Morgan fingerprint density at radius 1 is 1.00 bits per heavy atom. The molecule has 2 rings (SSSR count). The van der Waals surface area contributed by atoms with E-state index in [1.165, 1.54) is 21.6 Å². The van der Waals surface area contributed by atoms with Crippen LogP contribution in [0.5, 0.6) is 0 Å². The Kier molecular flexibility index (Phi) is 5.41. The molecule has 0 aromatic heterocycles. The molecule has 0 N–H and O–H groups in total. The summed E-state index contributed by atoms with van der Waals surface area (Å²) in [7, 11) is 0. The fourth-order valence-corrected chi connectivity index (χ4v) is 3.62. The Morgan fingerprint density at radius 3 is 2.37 bits per heavy atom. The lowest BCUT2D eigenvalue weighted by molar-refractivity contribution is 0.898. The smallest absolute Gasteiger partial charge is 0.00749 e. The molecule has 1 unspecified atom stereocenters. The average molecular weight is 288 g/mol. The molecule has 100 valence electrons. The molecule has 0 amide bonds. The van der Waals surface area contributed by atoms with Gasteiger partial charge in [0.05, 0.1) is 0 Å². The summed E-state index contributed by atoms with van der Waals surface area (Å²) in [5, 5.41) is 0. The summed E-state index contributed by atoms with van der Waals surface area (Å²) < 4.78 is 0. The molecule has 0 aliphatic rings. The minimum Gasteiger partial charge on any atom is -0.179 e. The second-order valence-electron chi connectivity index (χ2n) is 4.85. The van der Waals surface area contributed by atoms with Gasteiger partial charge in [0.2, 0.25) is 0 Å². The van der Waals surface area contributed by atoms with Crippen LogP contribution in [-0.2, 0) is 0 Å². The molecule has 2 aromatic carbocycles. The highest BCUT2D eigenvalue weighted by Gasteiger charge is 2.10. The molecule has 0 aliphatic carbocycles. The van der Waals surface area contributed by atoms with Crippen molar-refractivity contribution in [1.29, 1.82) is 0 Å². The van der Waals surface area contributed by atoms with Crippen LogP contribution in [0, 0.1) is 13.8 Å². The first-order valence-corrected chi connectivity index (χ1v) is 8.18. The quantitative estimate of drug-likeness (QED) is 0.589. The van der Waals surface area contributed by atoms with E-state index in [1.54, 1.807) is 0 Å². The van der Waals surface area contributed by atoms with Crippen molar-refractivity contribution in [2.75, 3.05) is 11.5 Å². The van der Waals surface area contributed by atoms with E-state index in [0.717, 1.165) is 11.5 Å². The summed E-state index contributed by atoms with van der Waals surface area (Å²) in [5.41, 5.74) is 4.11. The molecule has 0 heterocycles. The lowest BCUT2D eigenvalue weighted by Crippen LogP contribution is -2.03. The third-order valence-electron chi connectivity index (χ3n) is 3.42. The summed E-state index contributed by atoms with van der Waals surface area (Å²) in [6.07, 6.45) is 0. The maximum atomic E-state index is 4.50. The Morgan fingerprint density at radius 2 is 1.74 bits per heavy atom. The van der Waals surface area contributed by atoms with Crippen LogP contribution in [0.15, 0.2) is 53.4 Å². The second-order valence-corrected chi connectivity index (χ2v) is 6.31. The summed E-state index contributed by atoms with van der Waals surface area (Å²) in [5.74, 6) is 2.48. The number of thioether (sulfide) groups is 1. The van der Waals surface area contributed by atoms with Gasteiger partial charge in [-0.15, -0.1) is 11.8 Å². The number of rotatable bonds is 5. The molecular weight excluding hydrogens is 268 g/mol. The van der Waals surface area contributed by atoms with E-state index < -0.39 is 0 Å². The van der Waals surface area contributed by atoms with Crippen molar-refractivity contribution in [3.8, 4) is 0 Å². The topological polar surface area (TPSA) is 0 Å². The fourth-order valence-electron chi connectivity index (χ4n) is 1.98. The van der Waals surface area contributed by atoms with E-state index >= 15 is 0 Å². The standard InChI is InChI=1S/C17H20S2/c1-13-8-9-17(10-14(13)2)19-12-16(11-18)15-6-4-3-5-7-15/h3-10,16,18H,11-12H2,1-2H3. The van der Waals surface area contributed by atoms with Gasteiger partial charge in [0, 0.05) is 16.6 Å². The highest BCUT2D eigenvalue weighted by atomic mass is 32.2. The molecule has 0 nitrogen and oxygen atoms in total. The van der Waals surface area contributed by atoms with Crippen molar-refractivity contribution < 1.29 is 0 Å². The Hall–Kier alpha value is -0.860. The van der Waals surface area contributed by atoms with E-state index in [1.807, 2.05) is 11.8 Å². The number of thiol groups is 1. The van der Waals surface area contributed by atoms with Gasteiger partial charge in [0.1, 0.15) is 0 Å². The zero-order valence-electron chi connectivity index (χ0n) is 11.5. The zero-order chi connectivity index (χ0) is 13.7. The third kappa shape index (κ3) is 4.05. The van der Waals surface area contributed by atoms with Crippen LogP contribution in [0.4, 0.5) is 0 Å². The maximum Gasteiger partial charge on any atom is 0.00749 e. The highest BCUT2D eigenvalue weighted by molar-refractivity contribution is 7.99. The average Bonchev–Trinajstić information content (AvgIpc) is 2.44. The Labute approximate surface area is 126 Å². The molecular formula is C17H20S2. The number of hydrogen-bond donors (Lipinski definition) is 1. The number of aryl methyl sites for hydroxylation is 2. The van der Waals surface area contributed by atoms with Gasteiger partial charge in [0.15, 0.2) is 0 Å². The van der Waals surface area contributed by atoms with Crippen molar-refractivity contribution >= 4 is 24.4 Å². The van der Waals surface area contributed by atoms with Crippen LogP contribution in [0.2, 0.25) is 0 Å². The van der Waals surface area contributed by atoms with Gasteiger partial charge in [-0.25, -0.2) is 0 Å². The molecule has 0 fully saturated rings. The molecule has 1 atom stereocenters. The SMILES string of the molecule is Cc1ccc(SCC(CS)c2ccccc2)cc1C. The molecule has 0 saturated heterocycles. The first-order chi connectivity index (χ1) is 9.20. The van der Waals surface area contributed by atoms with Gasteiger partial charge < -0.3 is 0 Å². The first kappa shape index (κ1) is 14.5. The first-order valence-electron chi connectivity index (χ1n) is 6.56. The van der Waals surface area contributed by atoms with Gasteiger partial charge in [-0.05, 0) is 48.4 Å². The molecule has 2 aromatic rings. The van der Waals surface area contributed by atoms with E-state index in [0.29, 0.717) is 5.92 Å². The van der Waals surface area contributed by atoms with E-state index in [2.05, 4.69) is 75.0 Å². The van der Waals surface area contributed by atoms with Crippen molar-refractivity contribution in [3.63, 3.8) is 0 Å². The molecule has 0 saturated carbocycles. The van der Waals surface area contributed by atoms with Crippen LogP contribution in [-0.4, -0.2) is 11.5 Å². The molecule has 0 bridgehead atoms. The van der Waals surface area contributed by atoms with Gasteiger partial charge >= 0.3 is 0 Å². The monoisotopic (exact) mass is 288 g/mol. The molecule has 2 heteroatoms. The number of hydrogen-bond acceptors (Lipinski definition) is 2.